The number of fused-ring (bicyclic) bond motifs is 1. The Labute approximate surface area is 350 Å². The Morgan fingerprint density at radius 1 is 0.881 bits per heavy atom. The van der Waals surface area contributed by atoms with Crippen molar-refractivity contribution >= 4 is 63.7 Å². The van der Waals surface area contributed by atoms with Crippen LogP contribution in [-0.2, 0) is 4.79 Å². The van der Waals surface area contributed by atoms with Gasteiger partial charge in [0, 0.05) is 127 Å². The van der Waals surface area contributed by atoms with E-state index in [1.54, 1.807) is 23.2 Å². The Morgan fingerprint density at radius 2 is 1.61 bits per heavy atom. The lowest BCUT2D eigenvalue weighted by Crippen LogP contribution is -2.56. The van der Waals surface area contributed by atoms with Gasteiger partial charge in [-0.1, -0.05) is 11.8 Å². The van der Waals surface area contributed by atoms with Crippen molar-refractivity contribution in [1.29, 1.82) is 0 Å². The molecule has 5 amide bonds. The molecule has 3 aliphatic rings. The number of piperazine rings is 2. The number of carbonyl (C=O) groups is 3. The molecule has 3 fully saturated rings. The fourth-order valence-electron chi connectivity index (χ4n) is 7.46. The molecular formula is C43H53N11O4S. The highest BCUT2D eigenvalue weighted by Crippen LogP contribution is 2.33. The van der Waals surface area contributed by atoms with E-state index in [9.17, 15) is 14.4 Å². The van der Waals surface area contributed by atoms with Gasteiger partial charge in [-0.2, -0.15) is 0 Å². The van der Waals surface area contributed by atoms with Crippen LogP contribution in [0.15, 0.2) is 71.9 Å². The van der Waals surface area contributed by atoms with E-state index in [1.165, 1.54) is 0 Å². The van der Waals surface area contributed by atoms with Crippen LogP contribution < -0.4 is 29.9 Å². The predicted octanol–water partition coefficient (Wildman–Crippen LogP) is 4.68. The molecule has 16 heteroatoms. The van der Waals surface area contributed by atoms with Gasteiger partial charge in [-0.25, -0.2) is 19.6 Å². The van der Waals surface area contributed by atoms with Gasteiger partial charge in [-0.15, -0.1) is 0 Å². The second kappa shape index (κ2) is 19.9. The monoisotopic (exact) mass is 819 g/mol. The van der Waals surface area contributed by atoms with Gasteiger partial charge in [-0.3, -0.25) is 29.5 Å². The number of urea groups is 2. The summed E-state index contributed by atoms with van der Waals surface area (Å²) in [5.74, 6) is 7.75. The number of amides is 5. The summed E-state index contributed by atoms with van der Waals surface area (Å²) >= 11 is 1.56. The lowest BCUT2D eigenvalue weighted by molar-refractivity contribution is -0.120. The normalized spacial score (nSPS) is 16.4. The van der Waals surface area contributed by atoms with E-state index in [4.69, 9.17) is 4.74 Å². The number of aromatic nitrogens is 2. The van der Waals surface area contributed by atoms with E-state index in [-0.39, 0.29) is 11.9 Å². The van der Waals surface area contributed by atoms with Crippen LogP contribution in [0.25, 0.3) is 10.9 Å². The van der Waals surface area contributed by atoms with E-state index < -0.39 is 6.03 Å². The second-order valence-electron chi connectivity index (χ2n) is 14.9. The Hall–Kier alpha value is -5.60. The molecular weight excluding hydrogens is 767 g/mol. The zero-order valence-corrected chi connectivity index (χ0v) is 34.9. The molecule has 3 N–H and O–H groups in total. The van der Waals surface area contributed by atoms with Gasteiger partial charge in [0.2, 0.25) is 5.91 Å². The number of ether oxygens (including phenoxy) is 1. The Kier molecular flexibility index (Phi) is 14.0. The molecule has 4 aromatic rings. The molecule has 4 heterocycles. The summed E-state index contributed by atoms with van der Waals surface area (Å²) in [7, 11) is 5.96. The number of carbonyl (C=O) groups excluding carboxylic acids is 3. The zero-order valence-electron chi connectivity index (χ0n) is 34.1. The third-order valence-corrected chi connectivity index (χ3v) is 11.4. The van der Waals surface area contributed by atoms with Gasteiger partial charge in [0.15, 0.2) is 0 Å². The van der Waals surface area contributed by atoms with Crippen molar-refractivity contribution < 1.29 is 19.1 Å². The molecule has 0 unspecified atom stereocenters. The predicted molar refractivity (Wildman–Crippen MR) is 233 cm³/mol. The maximum absolute atomic E-state index is 13.4. The number of rotatable bonds is 13. The molecule has 0 atom stereocenters. The van der Waals surface area contributed by atoms with Crippen molar-refractivity contribution in [2.24, 2.45) is 0 Å². The molecule has 3 aromatic carbocycles. The largest absolute Gasteiger partial charge is 0.493 e. The van der Waals surface area contributed by atoms with E-state index >= 15 is 0 Å². The van der Waals surface area contributed by atoms with E-state index in [2.05, 4.69) is 70.1 Å². The third-order valence-electron chi connectivity index (χ3n) is 10.7. The number of imide groups is 1. The third kappa shape index (κ3) is 10.9. The van der Waals surface area contributed by atoms with Crippen LogP contribution in [0.1, 0.15) is 24.8 Å². The highest BCUT2D eigenvalue weighted by molar-refractivity contribution is 7.97. The van der Waals surface area contributed by atoms with Gasteiger partial charge in [0.1, 0.15) is 17.9 Å². The molecule has 59 heavy (non-hydrogen) atoms. The van der Waals surface area contributed by atoms with Crippen molar-refractivity contribution in [1.82, 2.24) is 39.6 Å². The minimum Gasteiger partial charge on any atom is -0.493 e. The van der Waals surface area contributed by atoms with Crippen LogP contribution in [0.4, 0.5) is 32.5 Å². The SMILES string of the molecule is CNSc1ccc(N(C)C)c(Nc2ncnc3cc(OCCCN4CCN(C(=O)N5CCN(CCC#Cc6ccc(N7CCC(=O)NC7=O)cc6)CC5)CC4)ccc23)c1. The summed E-state index contributed by atoms with van der Waals surface area (Å²) in [5.41, 5.74) is 4.46. The average molecular weight is 820 g/mol. The van der Waals surface area contributed by atoms with Crippen LogP contribution in [0, 0.1) is 11.8 Å². The van der Waals surface area contributed by atoms with Gasteiger partial charge in [-0.05, 0) is 80.0 Å². The minimum absolute atomic E-state index is 0.141. The Balaban J connectivity index is 0.786. The molecule has 0 saturated carbocycles. The highest BCUT2D eigenvalue weighted by atomic mass is 32.2. The summed E-state index contributed by atoms with van der Waals surface area (Å²) < 4.78 is 9.29. The van der Waals surface area contributed by atoms with Gasteiger partial charge < -0.3 is 24.8 Å². The van der Waals surface area contributed by atoms with Crippen molar-refractivity contribution in [2.45, 2.75) is 24.2 Å². The second-order valence-corrected chi connectivity index (χ2v) is 16.0. The Bertz CT molecular complexity index is 2160. The number of benzene rings is 3. The maximum Gasteiger partial charge on any atom is 0.328 e. The first kappa shape index (κ1) is 41.6. The zero-order chi connectivity index (χ0) is 41.1. The van der Waals surface area contributed by atoms with Gasteiger partial charge >= 0.3 is 12.1 Å². The molecule has 3 saturated heterocycles. The number of hydrogen-bond acceptors (Lipinski definition) is 12. The number of nitrogens with zero attached hydrogens (tertiary/aromatic N) is 8. The molecule has 0 spiro atoms. The molecule has 0 bridgehead atoms. The smallest absolute Gasteiger partial charge is 0.328 e. The average Bonchev–Trinajstić information content (AvgIpc) is 3.24. The molecule has 0 radical (unpaired) electrons. The lowest BCUT2D eigenvalue weighted by atomic mass is 10.1. The summed E-state index contributed by atoms with van der Waals surface area (Å²) in [6, 6.07) is 19.5. The first-order valence-corrected chi connectivity index (χ1v) is 21.0. The van der Waals surface area contributed by atoms with Crippen molar-refractivity contribution in [2.75, 3.05) is 115 Å². The van der Waals surface area contributed by atoms with E-state index in [0.29, 0.717) is 19.6 Å². The van der Waals surface area contributed by atoms with Crippen LogP contribution in [0.5, 0.6) is 5.75 Å². The molecule has 1 aromatic heterocycles. The summed E-state index contributed by atoms with van der Waals surface area (Å²) in [4.78, 5) is 59.5. The number of anilines is 4. The minimum atomic E-state index is -0.390. The molecule has 7 rings (SSSR count). The summed E-state index contributed by atoms with van der Waals surface area (Å²) in [6.45, 7) is 9.05. The summed E-state index contributed by atoms with van der Waals surface area (Å²) in [6.07, 6.45) is 3.50. The maximum atomic E-state index is 13.4. The van der Waals surface area contributed by atoms with E-state index in [0.717, 1.165) is 128 Å². The molecule has 310 valence electrons. The van der Waals surface area contributed by atoms with Crippen LogP contribution >= 0.6 is 11.9 Å². The van der Waals surface area contributed by atoms with Crippen molar-refractivity contribution in [3.8, 4) is 17.6 Å². The molecule has 0 aliphatic carbocycles. The van der Waals surface area contributed by atoms with Crippen LogP contribution in [-0.4, -0.2) is 147 Å². The van der Waals surface area contributed by atoms with Gasteiger partial charge in [0.05, 0.1) is 23.5 Å². The van der Waals surface area contributed by atoms with E-state index in [1.807, 2.05) is 73.4 Å². The standard InChI is InChI=1S/C43H53N11O4S/c1-44-59-35-13-15-39(49(2)3)38(30-35)47-41-36-14-12-34(29-37(36)45-31-46-41)58-28-6-18-51-22-26-53(27-23-51)43(57)52-24-20-50(21-25-52)17-5-4-7-32-8-10-33(11-9-32)54-19-16-40(55)48-42(54)56/h8-15,29-31,44H,5-6,16-28H2,1-3H3,(H,45,46,47)(H,48,55,56). The quantitative estimate of drug-likeness (QED) is 0.0981. The fraction of sp³-hybridized carbons (Fsp3) is 0.419. The van der Waals surface area contributed by atoms with Crippen LogP contribution in [0.2, 0.25) is 0 Å². The number of nitrogens with one attached hydrogen (secondary N) is 3. The highest BCUT2D eigenvalue weighted by Gasteiger charge is 2.28. The van der Waals surface area contributed by atoms with Gasteiger partial charge in [0.25, 0.3) is 0 Å². The number of hydrogen-bond donors (Lipinski definition) is 3. The Morgan fingerprint density at radius 3 is 2.31 bits per heavy atom. The van der Waals surface area contributed by atoms with Crippen LogP contribution in [0.3, 0.4) is 0 Å². The molecule has 3 aliphatic heterocycles. The summed E-state index contributed by atoms with van der Waals surface area (Å²) in [5, 5.41) is 6.79. The topological polar surface area (TPSA) is 142 Å². The first-order valence-electron chi connectivity index (χ1n) is 20.2. The van der Waals surface area contributed by atoms with Crippen molar-refractivity contribution in [3.05, 3.63) is 72.6 Å². The van der Waals surface area contributed by atoms with Crippen molar-refractivity contribution in [3.63, 3.8) is 0 Å². The lowest BCUT2D eigenvalue weighted by Gasteiger charge is -2.40. The molecule has 15 nitrogen and oxygen atoms in total. The first-order chi connectivity index (χ1) is 28.7. The fourth-order valence-corrected chi connectivity index (χ4v) is 8.01.